The standard InChI is InChI=1S/C18H14F3N3/c1-17(2)18(20,21)13-7-4-3-6-11(13)15(23-17)12-10-22-24-9-5-8-14(19)16(12)24/h3-10H,1-2H3. The normalized spacial score (nSPS) is 18.3. The minimum atomic E-state index is -3.12. The molecule has 0 N–H and O–H groups in total. The summed E-state index contributed by atoms with van der Waals surface area (Å²) in [7, 11) is 0. The van der Waals surface area contributed by atoms with Gasteiger partial charge in [0.15, 0.2) is 0 Å². The summed E-state index contributed by atoms with van der Waals surface area (Å²) < 4.78 is 45.2. The van der Waals surface area contributed by atoms with Crippen molar-refractivity contribution >= 4 is 11.2 Å². The number of aromatic nitrogens is 2. The smallest absolute Gasteiger partial charge is 0.271 e. The SMILES string of the molecule is CC1(C)N=C(c2cnn3cccc(F)c23)c2ccccc2C1(F)F. The van der Waals surface area contributed by atoms with Crippen LogP contribution in [0.3, 0.4) is 0 Å². The largest absolute Gasteiger partial charge is 0.297 e. The zero-order valence-corrected chi connectivity index (χ0v) is 13.1. The van der Waals surface area contributed by atoms with Gasteiger partial charge >= 0.3 is 0 Å². The third kappa shape index (κ3) is 1.85. The summed E-state index contributed by atoms with van der Waals surface area (Å²) in [6.07, 6.45) is 3.07. The summed E-state index contributed by atoms with van der Waals surface area (Å²) in [5.74, 6) is -3.59. The molecule has 3 heterocycles. The van der Waals surface area contributed by atoms with Gasteiger partial charge in [-0.25, -0.2) is 8.91 Å². The summed E-state index contributed by atoms with van der Waals surface area (Å²) in [6.45, 7) is 2.76. The van der Waals surface area contributed by atoms with Gasteiger partial charge in [-0.05, 0) is 26.0 Å². The number of alkyl halides is 2. The van der Waals surface area contributed by atoms with E-state index in [0.29, 0.717) is 16.8 Å². The fourth-order valence-electron chi connectivity index (χ4n) is 3.08. The molecule has 1 aliphatic heterocycles. The topological polar surface area (TPSA) is 29.7 Å². The maximum absolute atomic E-state index is 14.8. The highest BCUT2D eigenvalue weighted by Crippen LogP contribution is 2.46. The molecule has 0 amide bonds. The predicted octanol–water partition coefficient (Wildman–Crippen LogP) is 4.19. The molecule has 1 aromatic carbocycles. The van der Waals surface area contributed by atoms with Crippen LogP contribution < -0.4 is 0 Å². The molecule has 3 nitrogen and oxygen atoms in total. The van der Waals surface area contributed by atoms with Gasteiger partial charge in [0.1, 0.15) is 16.9 Å². The molecule has 0 atom stereocenters. The lowest BCUT2D eigenvalue weighted by molar-refractivity contribution is -0.0681. The quantitative estimate of drug-likeness (QED) is 0.658. The Balaban J connectivity index is 2.06. The van der Waals surface area contributed by atoms with E-state index in [1.807, 2.05) is 0 Å². The summed E-state index contributed by atoms with van der Waals surface area (Å²) in [4.78, 5) is 4.29. The predicted molar refractivity (Wildman–Crippen MR) is 85.2 cm³/mol. The maximum Gasteiger partial charge on any atom is 0.297 e. The number of pyridine rings is 1. The fourth-order valence-corrected chi connectivity index (χ4v) is 3.08. The zero-order valence-electron chi connectivity index (χ0n) is 13.1. The highest BCUT2D eigenvalue weighted by atomic mass is 19.3. The Morgan fingerprint density at radius 1 is 1.00 bits per heavy atom. The first kappa shape index (κ1) is 14.9. The van der Waals surface area contributed by atoms with Gasteiger partial charge in [0, 0.05) is 22.9 Å². The number of benzene rings is 1. The molecule has 0 aliphatic carbocycles. The molecule has 0 saturated carbocycles. The Morgan fingerprint density at radius 3 is 2.54 bits per heavy atom. The van der Waals surface area contributed by atoms with Gasteiger partial charge in [0.05, 0.1) is 11.9 Å². The average molecular weight is 329 g/mol. The van der Waals surface area contributed by atoms with Crippen LogP contribution >= 0.6 is 0 Å². The molecule has 4 rings (SSSR count). The van der Waals surface area contributed by atoms with E-state index in [1.165, 1.54) is 42.8 Å². The molecule has 122 valence electrons. The first-order valence-corrected chi connectivity index (χ1v) is 7.53. The van der Waals surface area contributed by atoms with Crippen molar-refractivity contribution in [3.05, 3.63) is 71.3 Å². The van der Waals surface area contributed by atoms with Gasteiger partial charge in [0.25, 0.3) is 5.92 Å². The van der Waals surface area contributed by atoms with Gasteiger partial charge in [0.2, 0.25) is 0 Å². The van der Waals surface area contributed by atoms with Crippen molar-refractivity contribution in [2.24, 2.45) is 4.99 Å². The first-order chi connectivity index (χ1) is 11.3. The number of hydrogen-bond acceptors (Lipinski definition) is 2. The van der Waals surface area contributed by atoms with Crippen LogP contribution in [-0.4, -0.2) is 20.9 Å². The lowest BCUT2D eigenvalue weighted by atomic mass is 9.82. The van der Waals surface area contributed by atoms with Gasteiger partial charge in [-0.1, -0.05) is 24.3 Å². The molecule has 1 aliphatic rings. The van der Waals surface area contributed by atoms with Gasteiger partial charge in [-0.3, -0.25) is 4.99 Å². The van der Waals surface area contributed by atoms with E-state index >= 15 is 0 Å². The Hall–Kier alpha value is -2.63. The minimum Gasteiger partial charge on any atom is -0.271 e. The monoisotopic (exact) mass is 329 g/mol. The van der Waals surface area contributed by atoms with Gasteiger partial charge in [-0.15, -0.1) is 0 Å². The average Bonchev–Trinajstić information content (AvgIpc) is 2.97. The van der Waals surface area contributed by atoms with Gasteiger partial charge in [-0.2, -0.15) is 13.9 Å². The second-order valence-electron chi connectivity index (χ2n) is 6.35. The Kier molecular flexibility index (Phi) is 2.92. The molecular formula is C18H14F3N3. The van der Waals surface area contributed by atoms with Crippen LogP contribution in [-0.2, 0) is 5.92 Å². The minimum absolute atomic E-state index is 0.101. The molecule has 0 saturated heterocycles. The van der Waals surface area contributed by atoms with Crippen molar-refractivity contribution in [2.45, 2.75) is 25.3 Å². The van der Waals surface area contributed by atoms with Crippen LogP contribution in [0.5, 0.6) is 0 Å². The Morgan fingerprint density at radius 2 is 1.75 bits per heavy atom. The molecular weight excluding hydrogens is 315 g/mol. The fraction of sp³-hybridized carbons (Fsp3) is 0.222. The summed E-state index contributed by atoms with van der Waals surface area (Å²) >= 11 is 0. The van der Waals surface area contributed by atoms with Crippen LogP contribution in [0.1, 0.15) is 30.5 Å². The number of fused-ring (bicyclic) bond motifs is 2. The summed E-state index contributed by atoms with van der Waals surface area (Å²) in [5.41, 5.74) is -0.468. The van der Waals surface area contributed by atoms with E-state index in [-0.39, 0.29) is 11.1 Å². The molecule has 3 aromatic rings. The molecule has 24 heavy (non-hydrogen) atoms. The van der Waals surface area contributed by atoms with E-state index < -0.39 is 17.3 Å². The third-order valence-electron chi connectivity index (χ3n) is 4.43. The molecule has 0 unspecified atom stereocenters. The molecule has 0 fully saturated rings. The van der Waals surface area contributed by atoms with Crippen LogP contribution in [0.4, 0.5) is 13.2 Å². The molecule has 0 spiro atoms. The highest BCUT2D eigenvalue weighted by molar-refractivity contribution is 6.18. The molecule has 0 bridgehead atoms. The summed E-state index contributed by atoms with van der Waals surface area (Å²) in [5, 5.41) is 4.12. The van der Waals surface area contributed by atoms with Crippen molar-refractivity contribution in [3.63, 3.8) is 0 Å². The number of halogens is 3. The van der Waals surface area contributed by atoms with E-state index in [9.17, 15) is 13.2 Å². The Labute approximate surface area is 136 Å². The number of rotatable bonds is 1. The number of aliphatic imine (C=N–C) groups is 1. The summed E-state index contributed by atoms with van der Waals surface area (Å²) in [6, 6.07) is 9.08. The van der Waals surface area contributed by atoms with Crippen molar-refractivity contribution in [1.82, 2.24) is 9.61 Å². The van der Waals surface area contributed by atoms with Crippen molar-refractivity contribution in [2.75, 3.05) is 0 Å². The van der Waals surface area contributed by atoms with Crippen LogP contribution in [0.2, 0.25) is 0 Å². The third-order valence-corrected chi connectivity index (χ3v) is 4.43. The number of nitrogens with zero attached hydrogens (tertiary/aromatic N) is 3. The van der Waals surface area contributed by atoms with E-state index in [0.717, 1.165) is 0 Å². The highest BCUT2D eigenvalue weighted by Gasteiger charge is 2.52. The lowest BCUT2D eigenvalue weighted by Gasteiger charge is -2.37. The van der Waals surface area contributed by atoms with Crippen LogP contribution in [0.15, 0.2) is 53.8 Å². The van der Waals surface area contributed by atoms with E-state index in [4.69, 9.17) is 0 Å². The lowest BCUT2D eigenvalue weighted by Crippen LogP contribution is -2.44. The first-order valence-electron chi connectivity index (χ1n) is 7.53. The van der Waals surface area contributed by atoms with E-state index in [2.05, 4.69) is 10.1 Å². The zero-order chi connectivity index (χ0) is 17.1. The molecule has 2 aromatic heterocycles. The molecule has 0 radical (unpaired) electrons. The van der Waals surface area contributed by atoms with Crippen molar-refractivity contribution < 1.29 is 13.2 Å². The van der Waals surface area contributed by atoms with E-state index in [1.54, 1.807) is 24.4 Å². The van der Waals surface area contributed by atoms with Crippen molar-refractivity contribution in [3.8, 4) is 0 Å². The van der Waals surface area contributed by atoms with Crippen LogP contribution in [0.25, 0.3) is 5.52 Å². The number of hydrogen-bond donors (Lipinski definition) is 0. The van der Waals surface area contributed by atoms with Crippen LogP contribution in [0, 0.1) is 5.82 Å². The van der Waals surface area contributed by atoms with Crippen molar-refractivity contribution in [1.29, 1.82) is 0 Å². The molecule has 6 heteroatoms. The second kappa shape index (κ2) is 4.69. The maximum atomic E-state index is 14.8. The van der Waals surface area contributed by atoms with Gasteiger partial charge < -0.3 is 0 Å². The Bertz CT molecular complexity index is 986. The second-order valence-corrected chi connectivity index (χ2v) is 6.35.